The van der Waals surface area contributed by atoms with Gasteiger partial charge in [-0.25, -0.2) is 0 Å². The average Bonchev–Trinajstić information content (AvgIpc) is 2.23. The molecule has 0 unspecified atom stereocenters. The minimum absolute atomic E-state index is 0.339. The van der Waals surface area contributed by atoms with Crippen LogP contribution in [0.2, 0.25) is 0 Å². The van der Waals surface area contributed by atoms with Gasteiger partial charge in [-0.2, -0.15) is 0 Å². The van der Waals surface area contributed by atoms with E-state index in [0.717, 1.165) is 23.3 Å². The Morgan fingerprint density at radius 1 is 1.50 bits per heavy atom. The molecule has 0 saturated carbocycles. The molecule has 1 fully saturated rings. The van der Waals surface area contributed by atoms with E-state index < -0.39 is 0 Å². The molecule has 1 aliphatic rings. The molecule has 0 radical (unpaired) electrons. The van der Waals surface area contributed by atoms with Crippen LogP contribution in [0.4, 0.5) is 0 Å². The maximum Gasteiger partial charge on any atom is 0.134 e. The van der Waals surface area contributed by atoms with E-state index in [1.807, 2.05) is 0 Å². The topological polar surface area (TPSA) is 21.3 Å². The molecule has 1 aromatic rings. The van der Waals surface area contributed by atoms with Gasteiger partial charge < -0.3 is 10.1 Å². The quantitative estimate of drug-likeness (QED) is 0.916. The Morgan fingerprint density at radius 3 is 2.75 bits per heavy atom. The van der Waals surface area contributed by atoms with E-state index in [-0.39, 0.29) is 0 Å². The second-order valence-corrected chi connectivity index (χ2v) is 5.25. The number of hydrogen-bond donors (Lipinski definition) is 1. The average molecular weight is 284 g/mol. The molecule has 0 amide bonds. The van der Waals surface area contributed by atoms with Gasteiger partial charge in [-0.1, -0.05) is 19.9 Å². The minimum Gasteiger partial charge on any atom is -0.487 e. The number of rotatable bonds is 4. The summed E-state index contributed by atoms with van der Waals surface area (Å²) in [6.07, 6.45) is 1.50. The van der Waals surface area contributed by atoms with Crippen LogP contribution in [0, 0.1) is 0 Å². The molecular weight excluding hydrogens is 266 g/mol. The zero-order valence-corrected chi connectivity index (χ0v) is 11.4. The van der Waals surface area contributed by atoms with E-state index in [1.165, 1.54) is 12.0 Å². The highest BCUT2D eigenvalue weighted by Gasteiger charge is 2.19. The summed E-state index contributed by atoms with van der Waals surface area (Å²) < 4.78 is 6.91. The van der Waals surface area contributed by atoms with Gasteiger partial charge in [0.15, 0.2) is 0 Å². The van der Waals surface area contributed by atoms with Crippen LogP contribution >= 0.6 is 15.9 Å². The number of hydrogen-bond acceptors (Lipinski definition) is 2. The first-order chi connectivity index (χ1) is 7.70. The smallest absolute Gasteiger partial charge is 0.134 e. The van der Waals surface area contributed by atoms with Crippen molar-refractivity contribution < 1.29 is 4.74 Å². The van der Waals surface area contributed by atoms with E-state index in [9.17, 15) is 0 Å². The summed E-state index contributed by atoms with van der Waals surface area (Å²) in [4.78, 5) is 0. The SMILES string of the molecule is CC[C@@H](C)c1ccc(OC2CNC2)c(Br)c1. The lowest BCUT2D eigenvalue weighted by Gasteiger charge is -2.28. The van der Waals surface area contributed by atoms with E-state index >= 15 is 0 Å². The summed E-state index contributed by atoms with van der Waals surface area (Å²) in [6, 6.07) is 6.42. The molecule has 1 aromatic carbocycles. The van der Waals surface area contributed by atoms with E-state index in [4.69, 9.17) is 4.74 Å². The fourth-order valence-electron chi connectivity index (χ4n) is 1.68. The van der Waals surface area contributed by atoms with Crippen LogP contribution in [-0.2, 0) is 0 Å². The Balaban J connectivity index is 2.09. The number of ether oxygens (including phenoxy) is 1. The van der Waals surface area contributed by atoms with Crippen molar-refractivity contribution in [3.8, 4) is 5.75 Å². The summed E-state index contributed by atoms with van der Waals surface area (Å²) in [6.45, 7) is 6.38. The van der Waals surface area contributed by atoms with Crippen molar-refractivity contribution in [3.05, 3.63) is 28.2 Å². The van der Waals surface area contributed by atoms with Crippen molar-refractivity contribution in [3.63, 3.8) is 0 Å². The van der Waals surface area contributed by atoms with E-state index in [0.29, 0.717) is 12.0 Å². The summed E-state index contributed by atoms with van der Waals surface area (Å²) >= 11 is 3.58. The molecule has 0 aromatic heterocycles. The third kappa shape index (κ3) is 2.58. The number of nitrogens with one attached hydrogen (secondary N) is 1. The van der Waals surface area contributed by atoms with Gasteiger partial charge in [0.2, 0.25) is 0 Å². The van der Waals surface area contributed by atoms with Crippen molar-refractivity contribution in [2.75, 3.05) is 13.1 Å². The lowest BCUT2D eigenvalue weighted by molar-refractivity contribution is 0.141. The summed E-state index contributed by atoms with van der Waals surface area (Å²) in [5, 5.41) is 3.20. The molecule has 1 saturated heterocycles. The predicted octanol–water partition coefficient (Wildman–Crippen LogP) is 3.31. The minimum atomic E-state index is 0.339. The standard InChI is InChI=1S/C13H18BrNO/c1-3-9(2)10-4-5-13(12(14)6-10)16-11-7-15-8-11/h4-6,9,11,15H,3,7-8H2,1-2H3/t9-/m1/s1. The van der Waals surface area contributed by atoms with Crippen LogP contribution in [0.25, 0.3) is 0 Å². The molecule has 1 aliphatic heterocycles. The van der Waals surface area contributed by atoms with Gasteiger partial charge >= 0.3 is 0 Å². The Labute approximate surface area is 106 Å². The predicted molar refractivity (Wildman–Crippen MR) is 70.1 cm³/mol. The first-order valence-corrected chi connectivity index (χ1v) is 6.66. The maximum atomic E-state index is 5.84. The molecule has 0 aliphatic carbocycles. The third-order valence-electron chi connectivity index (χ3n) is 3.17. The van der Waals surface area contributed by atoms with Crippen LogP contribution in [0.5, 0.6) is 5.75 Å². The van der Waals surface area contributed by atoms with Gasteiger partial charge in [0.05, 0.1) is 4.47 Å². The lowest BCUT2D eigenvalue weighted by atomic mass is 9.99. The normalized spacial score (nSPS) is 17.9. The molecule has 1 N–H and O–H groups in total. The van der Waals surface area contributed by atoms with E-state index in [1.54, 1.807) is 0 Å². The van der Waals surface area contributed by atoms with Crippen LogP contribution in [0.3, 0.4) is 0 Å². The van der Waals surface area contributed by atoms with Crippen molar-refractivity contribution >= 4 is 15.9 Å². The zero-order chi connectivity index (χ0) is 11.5. The molecule has 1 atom stereocenters. The van der Waals surface area contributed by atoms with Crippen LogP contribution in [0.15, 0.2) is 22.7 Å². The number of benzene rings is 1. The molecule has 16 heavy (non-hydrogen) atoms. The molecule has 88 valence electrons. The zero-order valence-electron chi connectivity index (χ0n) is 9.79. The highest BCUT2D eigenvalue weighted by atomic mass is 79.9. The molecule has 2 rings (SSSR count). The van der Waals surface area contributed by atoms with Crippen molar-refractivity contribution in [1.82, 2.24) is 5.32 Å². The molecular formula is C13H18BrNO. The van der Waals surface area contributed by atoms with Gasteiger partial charge in [0.1, 0.15) is 11.9 Å². The van der Waals surface area contributed by atoms with Crippen LogP contribution < -0.4 is 10.1 Å². The summed E-state index contributed by atoms with van der Waals surface area (Å²) in [5.41, 5.74) is 1.37. The Hall–Kier alpha value is -0.540. The van der Waals surface area contributed by atoms with Crippen LogP contribution in [0.1, 0.15) is 31.7 Å². The van der Waals surface area contributed by atoms with Gasteiger partial charge in [0.25, 0.3) is 0 Å². The molecule has 0 spiro atoms. The van der Waals surface area contributed by atoms with Gasteiger partial charge in [-0.3, -0.25) is 0 Å². The van der Waals surface area contributed by atoms with Gasteiger partial charge in [-0.15, -0.1) is 0 Å². The monoisotopic (exact) mass is 283 g/mol. The van der Waals surface area contributed by atoms with Crippen molar-refractivity contribution in [2.24, 2.45) is 0 Å². The molecule has 0 bridgehead atoms. The highest BCUT2D eigenvalue weighted by Crippen LogP contribution is 2.30. The largest absolute Gasteiger partial charge is 0.487 e. The van der Waals surface area contributed by atoms with Gasteiger partial charge in [-0.05, 0) is 46.0 Å². The fourth-order valence-corrected chi connectivity index (χ4v) is 2.17. The lowest BCUT2D eigenvalue weighted by Crippen LogP contribution is -2.50. The Kier molecular flexibility index (Phi) is 3.87. The fraction of sp³-hybridized carbons (Fsp3) is 0.538. The highest BCUT2D eigenvalue weighted by molar-refractivity contribution is 9.10. The summed E-state index contributed by atoms with van der Waals surface area (Å²) in [7, 11) is 0. The first kappa shape index (κ1) is 11.9. The molecule has 3 heteroatoms. The Morgan fingerprint density at radius 2 is 2.25 bits per heavy atom. The summed E-state index contributed by atoms with van der Waals surface area (Å²) in [5.74, 6) is 1.56. The molecule has 1 heterocycles. The maximum absolute atomic E-state index is 5.84. The van der Waals surface area contributed by atoms with E-state index in [2.05, 4.69) is 53.3 Å². The second kappa shape index (κ2) is 5.19. The third-order valence-corrected chi connectivity index (χ3v) is 3.79. The van der Waals surface area contributed by atoms with Crippen molar-refractivity contribution in [1.29, 1.82) is 0 Å². The number of halogens is 1. The molecule has 2 nitrogen and oxygen atoms in total. The first-order valence-electron chi connectivity index (χ1n) is 5.87. The van der Waals surface area contributed by atoms with Crippen molar-refractivity contribution in [2.45, 2.75) is 32.3 Å². The van der Waals surface area contributed by atoms with Gasteiger partial charge in [0, 0.05) is 13.1 Å². The Bertz CT molecular complexity index is 363. The second-order valence-electron chi connectivity index (χ2n) is 4.40. The van der Waals surface area contributed by atoms with Crippen LogP contribution in [-0.4, -0.2) is 19.2 Å².